The summed E-state index contributed by atoms with van der Waals surface area (Å²) in [5, 5.41) is 0.875. The average Bonchev–Trinajstić information content (AvgIpc) is 2.65. The average molecular weight is 455 g/mol. The Hall–Kier alpha value is -1.12. The number of hydrogen-bond acceptors (Lipinski definition) is 3. The van der Waals surface area contributed by atoms with Crippen molar-refractivity contribution in [2.45, 2.75) is 33.0 Å². The van der Waals surface area contributed by atoms with Gasteiger partial charge in [-0.2, -0.15) is 17.5 Å². The van der Waals surface area contributed by atoms with Crippen molar-refractivity contribution in [3.05, 3.63) is 36.0 Å². The monoisotopic (exact) mass is 455 g/mol. The Bertz CT molecular complexity index is 599. The van der Waals surface area contributed by atoms with Crippen LogP contribution in [0.1, 0.15) is 26.5 Å². The molecule has 0 spiro atoms. The van der Waals surface area contributed by atoms with Gasteiger partial charge in [-0.05, 0) is 26.5 Å². The number of methoxy groups -OCH3 is 1. The molecule has 0 fully saturated rings. The van der Waals surface area contributed by atoms with Crippen molar-refractivity contribution in [2.75, 3.05) is 7.11 Å². The number of hydrogen-bond donors (Lipinski definition) is 0. The zero-order valence-corrected chi connectivity index (χ0v) is 14.3. The second kappa shape index (κ2) is 6.55. The molecule has 1 aromatic heterocycles. The summed E-state index contributed by atoms with van der Waals surface area (Å²) >= 11 is 0. The van der Waals surface area contributed by atoms with Crippen LogP contribution in [0.15, 0.2) is 24.3 Å². The summed E-state index contributed by atoms with van der Waals surface area (Å²) in [4.78, 5) is 12.3. The first-order valence-corrected chi connectivity index (χ1v) is 6.16. The Labute approximate surface area is 133 Å². The Morgan fingerprint density at radius 2 is 1.95 bits per heavy atom. The van der Waals surface area contributed by atoms with Crippen molar-refractivity contribution in [1.29, 1.82) is 0 Å². The number of carbonyl (C=O) groups excluding carboxylic acids is 1. The topological polar surface area (TPSA) is 40.5 Å². The number of benzene rings is 1. The predicted molar refractivity (Wildman–Crippen MR) is 73.1 cm³/mol. The Morgan fingerprint density at radius 1 is 1.30 bits per heavy atom. The molecule has 0 saturated carbocycles. The van der Waals surface area contributed by atoms with Crippen LogP contribution < -0.4 is 0 Å². The third-order valence-electron chi connectivity index (χ3n) is 2.55. The molecule has 2 aromatic rings. The van der Waals surface area contributed by atoms with Gasteiger partial charge in [-0.1, -0.05) is 17.6 Å². The minimum Gasteiger partial charge on any atom is -0.444 e. The molecule has 0 aliphatic heterocycles. The molecular weight excluding hydrogens is 437 g/mol. The molecule has 1 aromatic carbocycles. The molecule has 0 amide bonds. The number of rotatable bonds is 2. The van der Waals surface area contributed by atoms with Crippen LogP contribution in [-0.4, -0.2) is 23.4 Å². The number of para-hydroxylation sites is 1. The van der Waals surface area contributed by atoms with Crippen molar-refractivity contribution < 1.29 is 35.3 Å². The van der Waals surface area contributed by atoms with Gasteiger partial charge in [0.25, 0.3) is 0 Å². The van der Waals surface area contributed by atoms with Gasteiger partial charge in [0, 0.05) is 28.2 Å². The quantitative estimate of drug-likeness (QED) is 0.653. The van der Waals surface area contributed by atoms with Gasteiger partial charge in [0.1, 0.15) is 5.60 Å². The number of ether oxygens (including phenoxy) is 2. The third-order valence-corrected chi connectivity index (χ3v) is 2.55. The second-order valence-electron chi connectivity index (χ2n) is 5.34. The zero-order valence-electron chi connectivity index (χ0n) is 12.0. The van der Waals surface area contributed by atoms with E-state index in [1.54, 1.807) is 7.11 Å². The Kier molecular flexibility index (Phi) is 5.55. The molecule has 0 atom stereocenters. The van der Waals surface area contributed by atoms with E-state index in [9.17, 15) is 4.79 Å². The molecule has 0 aliphatic rings. The van der Waals surface area contributed by atoms with E-state index >= 15 is 0 Å². The van der Waals surface area contributed by atoms with Crippen LogP contribution >= 0.6 is 0 Å². The normalized spacial score (nSPS) is 11.2. The van der Waals surface area contributed by atoms with Crippen LogP contribution in [0.4, 0.5) is 4.79 Å². The Balaban J connectivity index is 0.00000200. The van der Waals surface area contributed by atoms with Crippen LogP contribution in [0.25, 0.3) is 10.9 Å². The molecule has 0 bridgehead atoms. The van der Waals surface area contributed by atoms with E-state index in [0.29, 0.717) is 12.3 Å². The van der Waals surface area contributed by atoms with Crippen LogP contribution in [0, 0.1) is 6.07 Å². The molecule has 1 heterocycles. The van der Waals surface area contributed by atoms with Crippen LogP contribution in [0.5, 0.6) is 0 Å². The summed E-state index contributed by atoms with van der Waals surface area (Å²) in [6.45, 7) is 5.84. The molecule has 0 saturated heterocycles. The van der Waals surface area contributed by atoms with Gasteiger partial charge < -0.3 is 14.0 Å². The molecule has 4 nitrogen and oxygen atoms in total. The summed E-state index contributed by atoms with van der Waals surface area (Å²) in [7, 11) is 1.59. The van der Waals surface area contributed by atoms with E-state index < -0.39 is 11.7 Å². The fourth-order valence-electron chi connectivity index (χ4n) is 1.88. The van der Waals surface area contributed by atoms with Crippen LogP contribution in [0.2, 0.25) is 0 Å². The number of carbonyl (C=O) groups is 1. The largest absolute Gasteiger partial charge is 0.444 e. The Morgan fingerprint density at radius 3 is 2.55 bits per heavy atom. The zero-order chi connectivity index (χ0) is 14.0. The first kappa shape index (κ1) is 16.9. The number of aromatic nitrogens is 1. The predicted octanol–water partition coefficient (Wildman–Crippen LogP) is 3.37. The van der Waals surface area contributed by atoms with Crippen molar-refractivity contribution >= 4 is 17.0 Å². The SMILES string of the molecule is COCc1[c-]c2ccccc2n1C(=O)OC(C)(C)C.[Pt]. The molecule has 112 valence electrons. The van der Waals surface area contributed by atoms with Crippen molar-refractivity contribution in [2.24, 2.45) is 0 Å². The third kappa shape index (κ3) is 3.71. The molecule has 0 radical (unpaired) electrons. The molecule has 0 aliphatic carbocycles. The fourth-order valence-corrected chi connectivity index (χ4v) is 1.88. The van der Waals surface area contributed by atoms with Gasteiger partial charge in [0.15, 0.2) is 0 Å². The number of fused-ring (bicyclic) bond motifs is 1. The fraction of sp³-hybridized carbons (Fsp3) is 0.400. The van der Waals surface area contributed by atoms with Crippen molar-refractivity contribution in [3.8, 4) is 0 Å². The maximum absolute atomic E-state index is 12.3. The number of nitrogens with zero attached hydrogens (tertiary/aromatic N) is 1. The van der Waals surface area contributed by atoms with Gasteiger partial charge in [-0.15, -0.1) is 6.07 Å². The van der Waals surface area contributed by atoms with Gasteiger partial charge in [-0.25, -0.2) is 4.79 Å². The first-order valence-electron chi connectivity index (χ1n) is 6.16. The van der Waals surface area contributed by atoms with Gasteiger partial charge in [0.05, 0.1) is 6.61 Å². The molecule has 5 heteroatoms. The maximum atomic E-state index is 12.3. The van der Waals surface area contributed by atoms with E-state index in [4.69, 9.17) is 9.47 Å². The van der Waals surface area contributed by atoms with E-state index in [2.05, 4.69) is 6.07 Å². The van der Waals surface area contributed by atoms with Crippen LogP contribution in [0.3, 0.4) is 0 Å². The van der Waals surface area contributed by atoms with Gasteiger partial charge in [-0.3, -0.25) is 0 Å². The minimum absolute atomic E-state index is 0. The van der Waals surface area contributed by atoms with Crippen molar-refractivity contribution in [1.82, 2.24) is 4.57 Å². The summed E-state index contributed by atoms with van der Waals surface area (Å²) in [5.74, 6) is 0. The van der Waals surface area contributed by atoms with Gasteiger partial charge in [0.2, 0.25) is 0 Å². The summed E-state index contributed by atoms with van der Waals surface area (Å²) in [6.07, 6.45) is -0.406. The van der Waals surface area contributed by atoms with E-state index in [0.717, 1.165) is 10.9 Å². The summed E-state index contributed by atoms with van der Waals surface area (Å²) in [5.41, 5.74) is 0.911. The van der Waals surface area contributed by atoms with E-state index in [1.807, 2.05) is 45.0 Å². The maximum Gasteiger partial charge on any atom is 0.407 e. The van der Waals surface area contributed by atoms with Crippen LogP contribution in [-0.2, 0) is 37.1 Å². The minimum atomic E-state index is -0.535. The van der Waals surface area contributed by atoms with Crippen molar-refractivity contribution in [3.63, 3.8) is 0 Å². The molecule has 2 rings (SSSR count). The summed E-state index contributed by atoms with van der Waals surface area (Å²) < 4.78 is 12.1. The summed E-state index contributed by atoms with van der Waals surface area (Å²) in [6, 6.07) is 10.7. The standard InChI is InChI=1S/C15H18NO3.Pt/c1-15(2,3)19-14(17)16-12(10-18-4)9-11-7-5-6-8-13(11)16;/h5-8H,10H2,1-4H3;/q-1;. The smallest absolute Gasteiger partial charge is 0.407 e. The van der Waals surface area contributed by atoms with Gasteiger partial charge >= 0.3 is 6.09 Å². The first-order chi connectivity index (χ1) is 8.92. The molecular formula is C15H18NO3Pt-. The second-order valence-corrected chi connectivity index (χ2v) is 5.34. The molecule has 20 heavy (non-hydrogen) atoms. The van der Waals surface area contributed by atoms with E-state index in [-0.39, 0.29) is 21.1 Å². The molecule has 0 N–H and O–H groups in total. The molecule has 0 unspecified atom stereocenters. The van der Waals surface area contributed by atoms with E-state index in [1.165, 1.54) is 4.57 Å².